The molecule has 1 heterocycles. The van der Waals surface area contributed by atoms with Crippen molar-refractivity contribution < 1.29 is 9.53 Å². The van der Waals surface area contributed by atoms with Crippen LogP contribution >= 0.6 is 11.6 Å². The molecule has 0 radical (unpaired) electrons. The fourth-order valence-electron chi connectivity index (χ4n) is 3.44. The summed E-state index contributed by atoms with van der Waals surface area (Å²) in [7, 11) is 0. The maximum atomic E-state index is 13.2. The van der Waals surface area contributed by atoms with Crippen molar-refractivity contribution in [2.75, 3.05) is 13.1 Å². The molecule has 2 atom stereocenters. The summed E-state index contributed by atoms with van der Waals surface area (Å²) in [6.07, 6.45) is 1.65. The molecule has 0 spiro atoms. The molecule has 1 unspecified atom stereocenters. The van der Waals surface area contributed by atoms with Gasteiger partial charge in [-0.2, -0.15) is 0 Å². The number of nitrogens with one attached hydrogen (secondary N) is 1. The molecule has 0 aromatic heterocycles. The van der Waals surface area contributed by atoms with E-state index in [1.165, 1.54) is 5.56 Å². The van der Waals surface area contributed by atoms with E-state index in [9.17, 15) is 4.79 Å². The van der Waals surface area contributed by atoms with E-state index in [-0.39, 0.29) is 5.91 Å². The van der Waals surface area contributed by atoms with Crippen LogP contribution in [0.15, 0.2) is 48.5 Å². The molecule has 0 bridgehead atoms. The van der Waals surface area contributed by atoms with Crippen molar-refractivity contribution in [2.45, 2.75) is 45.4 Å². The first-order valence-electron chi connectivity index (χ1n) is 9.52. The van der Waals surface area contributed by atoms with Gasteiger partial charge in [0.1, 0.15) is 5.75 Å². The Kier molecular flexibility index (Phi) is 6.75. The topological polar surface area (TPSA) is 41.6 Å². The van der Waals surface area contributed by atoms with Crippen LogP contribution in [0.2, 0.25) is 5.02 Å². The van der Waals surface area contributed by atoms with Crippen molar-refractivity contribution in [3.8, 4) is 5.75 Å². The van der Waals surface area contributed by atoms with E-state index in [0.717, 1.165) is 24.9 Å². The lowest BCUT2D eigenvalue weighted by atomic mass is 10.1. The summed E-state index contributed by atoms with van der Waals surface area (Å²) in [5, 5.41) is 4.00. The largest absolute Gasteiger partial charge is 0.479 e. The quantitative estimate of drug-likeness (QED) is 0.775. The number of nitrogens with zero attached hydrogens (tertiary/aromatic N) is 1. The number of halogens is 1. The predicted octanol–water partition coefficient (Wildman–Crippen LogP) is 4.20. The summed E-state index contributed by atoms with van der Waals surface area (Å²) in [6.45, 7) is 6.15. The molecule has 1 fully saturated rings. The number of carbonyl (C=O) groups is 1. The van der Waals surface area contributed by atoms with Gasteiger partial charge in [-0.1, -0.05) is 48.0 Å². The first-order chi connectivity index (χ1) is 13.0. The van der Waals surface area contributed by atoms with Crippen LogP contribution in [0, 0.1) is 6.92 Å². The Labute approximate surface area is 166 Å². The van der Waals surface area contributed by atoms with Gasteiger partial charge in [-0.15, -0.1) is 0 Å². The lowest BCUT2D eigenvalue weighted by molar-refractivity contribution is -0.139. The minimum absolute atomic E-state index is 0.0214. The summed E-state index contributed by atoms with van der Waals surface area (Å²) in [6, 6.07) is 15.8. The van der Waals surface area contributed by atoms with Crippen LogP contribution in [0.4, 0.5) is 0 Å². The van der Waals surface area contributed by atoms with Crippen molar-refractivity contribution in [3.05, 3.63) is 64.7 Å². The van der Waals surface area contributed by atoms with E-state index in [0.29, 0.717) is 29.9 Å². The second kappa shape index (κ2) is 9.25. The molecule has 144 valence electrons. The maximum Gasteiger partial charge on any atom is 0.263 e. The van der Waals surface area contributed by atoms with E-state index < -0.39 is 6.10 Å². The maximum absolute atomic E-state index is 13.2. The van der Waals surface area contributed by atoms with E-state index in [1.54, 1.807) is 19.1 Å². The van der Waals surface area contributed by atoms with Crippen molar-refractivity contribution in [1.82, 2.24) is 10.2 Å². The van der Waals surface area contributed by atoms with Crippen LogP contribution < -0.4 is 10.1 Å². The van der Waals surface area contributed by atoms with E-state index in [4.69, 9.17) is 16.3 Å². The molecule has 1 saturated heterocycles. The fraction of sp³-hybridized carbons (Fsp3) is 0.409. The van der Waals surface area contributed by atoms with Crippen molar-refractivity contribution in [2.24, 2.45) is 0 Å². The first kappa shape index (κ1) is 19.7. The van der Waals surface area contributed by atoms with Crippen LogP contribution in [-0.2, 0) is 11.3 Å². The lowest BCUT2D eigenvalue weighted by Gasteiger charge is -2.29. The number of ether oxygens (including phenoxy) is 1. The minimum atomic E-state index is -0.602. The third kappa shape index (κ3) is 5.24. The summed E-state index contributed by atoms with van der Waals surface area (Å²) in [4.78, 5) is 15.1. The molecular weight excluding hydrogens is 360 g/mol. The Morgan fingerprint density at radius 2 is 2.00 bits per heavy atom. The van der Waals surface area contributed by atoms with Crippen LogP contribution in [0.25, 0.3) is 0 Å². The normalized spacial score (nSPS) is 17.5. The second-order valence-electron chi connectivity index (χ2n) is 7.13. The Bertz CT molecular complexity index is 774. The number of aryl methyl sites for hydroxylation is 1. The molecule has 3 rings (SSSR count). The predicted molar refractivity (Wildman–Crippen MR) is 109 cm³/mol. The lowest BCUT2D eigenvalue weighted by Crippen LogP contribution is -2.45. The van der Waals surface area contributed by atoms with Gasteiger partial charge in [-0.25, -0.2) is 0 Å². The van der Waals surface area contributed by atoms with E-state index >= 15 is 0 Å². The number of para-hydroxylation sites is 1. The molecular formula is C22H27ClN2O2. The van der Waals surface area contributed by atoms with Gasteiger partial charge >= 0.3 is 0 Å². The minimum Gasteiger partial charge on any atom is -0.479 e. The molecule has 27 heavy (non-hydrogen) atoms. The zero-order valence-electron chi connectivity index (χ0n) is 16.0. The van der Waals surface area contributed by atoms with Gasteiger partial charge < -0.3 is 15.0 Å². The summed E-state index contributed by atoms with van der Waals surface area (Å²) >= 11 is 6.18. The second-order valence-corrected chi connectivity index (χ2v) is 7.54. The van der Waals surface area contributed by atoms with Crippen molar-refractivity contribution in [3.63, 3.8) is 0 Å². The van der Waals surface area contributed by atoms with Gasteiger partial charge in [-0.05, 0) is 56.5 Å². The van der Waals surface area contributed by atoms with E-state index in [1.807, 2.05) is 29.2 Å². The monoisotopic (exact) mass is 386 g/mol. The van der Waals surface area contributed by atoms with Gasteiger partial charge in [0.2, 0.25) is 0 Å². The Balaban J connectivity index is 1.74. The van der Waals surface area contributed by atoms with Crippen LogP contribution in [0.3, 0.4) is 0 Å². The highest BCUT2D eigenvalue weighted by atomic mass is 35.5. The molecule has 1 aliphatic rings. The summed E-state index contributed by atoms with van der Waals surface area (Å²) in [5.74, 6) is 0.515. The third-order valence-corrected chi connectivity index (χ3v) is 5.34. The molecule has 0 aliphatic carbocycles. The number of hydrogen-bond acceptors (Lipinski definition) is 3. The van der Waals surface area contributed by atoms with E-state index in [2.05, 4.69) is 24.4 Å². The molecule has 0 saturated carbocycles. The summed E-state index contributed by atoms with van der Waals surface area (Å²) in [5.41, 5.74) is 2.35. The number of carbonyl (C=O) groups excluding carboxylic acids is 1. The van der Waals surface area contributed by atoms with Crippen molar-refractivity contribution >= 4 is 17.5 Å². The smallest absolute Gasteiger partial charge is 0.263 e. The van der Waals surface area contributed by atoms with Crippen LogP contribution in [0.1, 0.15) is 30.9 Å². The van der Waals surface area contributed by atoms with Crippen molar-refractivity contribution in [1.29, 1.82) is 0 Å². The molecule has 2 aromatic carbocycles. The zero-order chi connectivity index (χ0) is 19.2. The Morgan fingerprint density at radius 1 is 1.26 bits per heavy atom. The molecule has 1 N–H and O–H groups in total. The van der Waals surface area contributed by atoms with Gasteiger partial charge in [-0.3, -0.25) is 4.79 Å². The number of rotatable bonds is 7. The van der Waals surface area contributed by atoms with Crippen LogP contribution in [0.5, 0.6) is 5.75 Å². The molecule has 2 aromatic rings. The molecule has 1 amide bonds. The number of benzene rings is 2. The molecule has 4 nitrogen and oxygen atoms in total. The average molecular weight is 387 g/mol. The zero-order valence-corrected chi connectivity index (χ0v) is 16.7. The number of amides is 1. The Hall–Kier alpha value is -2.04. The highest BCUT2D eigenvalue weighted by molar-refractivity contribution is 6.32. The highest BCUT2D eigenvalue weighted by Crippen LogP contribution is 2.25. The molecule has 5 heteroatoms. The van der Waals surface area contributed by atoms with Gasteiger partial charge in [0.25, 0.3) is 5.91 Å². The SMILES string of the molecule is Cc1ccccc1CN(C[C@H]1CCCN1)C(=O)C(C)Oc1ccccc1Cl. The Morgan fingerprint density at radius 3 is 2.70 bits per heavy atom. The van der Waals surface area contributed by atoms with Gasteiger partial charge in [0.15, 0.2) is 6.10 Å². The highest BCUT2D eigenvalue weighted by Gasteiger charge is 2.27. The fourth-order valence-corrected chi connectivity index (χ4v) is 3.62. The first-order valence-corrected chi connectivity index (χ1v) is 9.90. The van der Waals surface area contributed by atoms with Crippen LogP contribution in [-0.4, -0.2) is 36.0 Å². The molecule has 1 aliphatic heterocycles. The van der Waals surface area contributed by atoms with Gasteiger partial charge in [0, 0.05) is 19.1 Å². The van der Waals surface area contributed by atoms with Gasteiger partial charge in [0.05, 0.1) is 5.02 Å². The number of hydrogen-bond donors (Lipinski definition) is 1. The standard InChI is InChI=1S/C22H27ClN2O2/c1-16-8-3-4-9-18(16)14-25(15-19-10-7-13-24-19)22(26)17(2)27-21-12-6-5-11-20(21)23/h3-6,8-9,11-12,17,19,24H,7,10,13-15H2,1-2H3/t17?,19-/m1/s1. The average Bonchev–Trinajstić information content (AvgIpc) is 3.17. The summed E-state index contributed by atoms with van der Waals surface area (Å²) < 4.78 is 5.88. The third-order valence-electron chi connectivity index (χ3n) is 5.03.